The minimum absolute atomic E-state index is 0.487. The molecule has 1 unspecified atom stereocenters. The van der Waals surface area contributed by atoms with E-state index in [1.807, 2.05) is 12.1 Å². The molecule has 78 valence electrons. The minimum atomic E-state index is 0.487. The topological polar surface area (TPSA) is 45.0 Å². The van der Waals surface area contributed by atoms with E-state index in [0.717, 1.165) is 12.3 Å². The van der Waals surface area contributed by atoms with Gasteiger partial charge >= 0.3 is 0 Å². The van der Waals surface area contributed by atoms with Gasteiger partial charge in [0.15, 0.2) is 0 Å². The first-order valence-corrected chi connectivity index (χ1v) is 5.25. The standard InChI is InChI=1S/C12H14N2O/c13-8-10-3-5-12(6-4-10)15-9-11-2-1-7-14-11/h3-6,11,14H,1-2,7,9H2. The van der Waals surface area contributed by atoms with E-state index in [4.69, 9.17) is 10.00 Å². The van der Waals surface area contributed by atoms with Gasteiger partial charge in [-0.2, -0.15) is 5.26 Å². The second-order valence-electron chi connectivity index (χ2n) is 3.74. The number of nitriles is 1. The molecule has 0 saturated carbocycles. The third kappa shape index (κ3) is 2.71. The molecule has 1 heterocycles. The molecule has 2 rings (SSSR count). The van der Waals surface area contributed by atoms with Gasteiger partial charge in [0.05, 0.1) is 11.6 Å². The maximum atomic E-state index is 8.63. The molecule has 0 radical (unpaired) electrons. The van der Waals surface area contributed by atoms with Crippen molar-refractivity contribution >= 4 is 0 Å². The molecule has 1 fully saturated rings. The van der Waals surface area contributed by atoms with Crippen molar-refractivity contribution in [2.45, 2.75) is 18.9 Å². The zero-order valence-corrected chi connectivity index (χ0v) is 8.57. The molecule has 0 spiro atoms. The largest absolute Gasteiger partial charge is 0.492 e. The number of rotatable bonds is 3. The molecule has 0 aromatic heterocycles. The highest BCUT2D eigenvalue weighted by atomic mass is 16.5. The summed E-state index contributed by atoms with van der Waals surface area (Å²) in [5.41, 5.74) is 0.668. The Bertz CT molecular complexity index is 347. The summed E-state index contributed by atoms with van der Waals surface area (Å²) in [5.74, 6) is 0.836. The van der Waals surface area contributed by atoms with Gasteiger partial charge < -0.3 is 10.1 Å². The monoisotopic (exact) mass is 202 g/mol. The van der Waals surface area contributed by atoms with Crippen LogP contribution in [0.1, 0.15) is 18.4 Å². The Balaban J connectivity index is 1.85. The van der Waals surface area contributed by atoms with Crippen molar-refractivity contribution in [1.82, 2.24) is 5.32 Å². The highest BCUT2D eigenvalue weighted by molar-refractivity contribution is 5.34. The molecule has 0 bridgehead atoms. The van der Waals surface area contributed by atoms with Crippen LogP contribution < -0.4 is 10.1 Å². The average Bonchev–Trinajstić information content (AvgIpc) is 2.80. The summed E-state index contributed by atoms with van der Waals surface area (Å²) in [6.45, 7) is 1.81. The summed E-state index contributed by atoms with van der Waals surface area (Å²) >= 11 is 0. The number of nitrogens with one attached hydrogen (secondary N) is 1. The fourth-order valence-electron chi connectivity index (χ4n) is 1.72. The first-order valence-electron chi connectivity index (χ1n) is 5.25. The van der Waals surface area contributed by atoms with E-state index in [2.05, 4.69) is 11.4 Å². The normalized spacial score (nSPS) is 19.8. The number of ether oxygens (including phenoxy) is 1. The van der Waals surface area contributed by atoms with Gasteiger partial charge in [-0.25, -0.2) is 0 Å². The highest BCUT2D eigenvalue weighted by Gasteiger charge is 2.14. The lowest BCUT2D eigenvalue weighted by Crippen LogP contribution is -2.28. The van der Waals surface area contributed by atoms with Gasteiger partial charge in [-0.15, -0.1) is 0 Å². The fraction of sp³-hybridized carbons (Fsp3) is 0.417. The number of benzene rings is 1. The molecule has 1 aromatic rings. The van der Waals surface area contributed by atoms with Gasteiger partial charge in [0.1, 0.15) is 12.4 Å². The van der Waals surface area contributed by atoms with Crippen molar-refractivity contribution in [3.8, 4) is 11.8 Å². The SMILES string of the molecule is N#Cc1ccc(OCC2CCCN2)cc1. The van der Waals surface area contributed by atoms with Gasteiger partial charge in [-0.1, -0.05) is 0 Å². The highest BCUT2D eigenvalue weighted by Crippen LogP contribution is 2.13. The van der Waals surface area contributed by atoms with E-state index < -0.39 is 0 Å². The van der Waals surface area contributed by atoms with Crippen LogP contribution in [0.2, 0.25) is 0 Å². The van der Waals surface area contributed by atoms with Crippen molar-refractivity contribution < 1.29 is 4.74 Å². The molecule has 1 aliphatic heterocycles. The fourth-order valence-corrected chi connectivity index (χ4v) is 1.72. The first-order chi connectivity index (χ1) is 7.38. The third-order valence-corrected chi connectivity index (χ3v) is 2.60. The zero-order chi connectivity index (χ0) is 10.5. The molecule has 3 heteroatoms. The van der Waals surface area contributed by atoms with Crippen LogP contribution in [0, 0.1) is 11.3 Å². The summed E-state index contributed by atoms with van der Waals surface area (Å²) in [7, 11) is 0. The van der Waals surface area contributed by atoms with Crippen molar-refractivity contribution in [3.05, 3.63) is 29.8 Å². The van der Waals surface area contributed by atoms with Gasteiger partial charge in [-0.3, -0.25) is 0 Å². The Hall–Kier alpha value is -1.53. The summed E-state index contributed by atoms with van der Waals surface area (Å²) < 4.78 is 5.62. The van der Waals surface area contributed by atoms with Crippen LogP contribution in [0.3, 0.4) is 0 Å². The number of nitrogens with zero attached hydrogens (tertiary/aromatic N) is 1. The molecule has 0 amide bonds. The van der Waals surface area contributed by atoms with E-state index in [0.29, 0.717) is 18.2 Å². The van der Waals surface area contributed by atoms with E-state index in [-0.39, 0.29) is 0 Å². The Labute approximate surface area is 89.7 Å². The van der Waals surface area contributed by atoms with Crippen molar-refractivity contribution in [1.29, 1.82) is 5.26 Å². The zero-order valence-electron chi connectivity index (χ0n) is 8.57. The Morgan fingerprint density at radius 3 is 2.80 bits per heavy atom. The van der Waals surface area contributed by atoms with Gasteiger partial charge in [-0.05, 0) is 43.7 Å². The van der Waals surface area contributed by atoms with E-state index in [9.17, 15) is 0 Å². The summed E-state index contributed by atoms with van der Waals surface area (Å²) in [4.78, 5) is 0. The smallest absolute Gasteiger partial charge is 0.119 e. The molecule has 1 N–H and O–H groups in total. The van der Waals surface area contributed by atoms with Crippen molar-refractivity contribution in [2.75, 3.05) is 13.2 Å². The lowest BCUT2D eigenvalue weighted by molar-refractivity contribution is 0.277. The maximum absolute atomic E-state index is 8.63. The molecular formula is C12H14N2O. The van der Waals surface area contributed by atoms with Crippen LogP contribution in [-0.4, -0.2) is 19.2 Å². The molecule has 1 atom stereocenters. The van der Waals surface area contributed by atoms with Crippen LogP contribution in [0.15, 0.2) is 24.3 Å². The average molecular weight is 202 g/mol. The maximum Gasteiger partial charge on any atom is 0.119 e. The Morgan fingerprint density at radius 2 is 2.20 bits per heavy atom. The van der Waals surface area contributed by atoms with Crippen LogP contribution in [0.4, 0.5) is 0 Å². The second kappa shape index (κ2) is 4.81. The minimum Gasteiger partial charge on any atom is -0.492 e. The lowest BCUT2D eigenvalue weighted by Gasteiger charge is -2.11. The van der Waals surface area contributed by atoms with Gasteiger partial charge in [0, 0.05) is 6.04 Å². The second-order valence-corrected chi connectivity index (χ2v) is 3.74. The molecule has 15 heavy (non-hydrogen) atoms. The third-order valence-electron chi connectivity index (χ3n) is 2.60. The van der Waals surface area contributed by atoms with Gasteiger partial charge in [0.25, 0.3) is 0 Å². The lowest BCUT2D eigenvalue weighted by atomic mass is 10.2. The summed E-state index contributed by atoms with van der Waals surface area (Å²) in [6.07, 6.45) is 2.43. The predicted molar refractivity (Wildman–Crippen MR) is 57.7 cm³/mol. The molecule has 0 aliphatic carbocycles. The van der Waals surface area contributed by atoms with E-state index in [1.165, 1.54) is 12.8 Å². The molecule has 1 aromatic carbocycles. The molecule has 1 aliphatic rings. The van der Waals surface area contributed by atoms with Gasteiger partial charge in [0.2, 0.25) is 0 Å². The van der Waals surface area contributed by atoms with E-state index >= 15 is 0 Å². The van der Waals surface area contributed by atoms with E-state index in [1.54, 1.807) is 12.1 Å². The van der Waals surface area contributed by atoms with Crippen molar-refractivity contribution in [3.63, 3.8) is 0 Å². The number of hydrogen-bond donors (Lipinski definition) is 1. The Morgan fingerprint density at radius 1 is 1.40 bits per heavy atom. The number of hydrogen-bond acceptors (Lipinski definition) is 3. The van der Waals surface area contributed by atoms with Crippen LogP contribution in [0.5, 0.6) is 5.75 Å². The van der Waals surface area contributed by atoms with Crippen LogP contribution in [-0.2, 0) is 0 Å². The molecular weight excluding hydrogens is 188 g/mol. The first kappa shape index (κ1) is 10.0. The predicted octanol–water partition coefficient (Wildman–Crippen LogP) is 1.69. The molecule has 3 nitrogen and oxygen atoms in total. The Kier molecular flexibility index (Phi) is 3.21. The van der Waals surface area contributed by atoms with Crippen molar-refractivity contribution in [2.24, 2.45) is 0 Å². The quantitative estimate of drug-likeness (QED) is 0.811. The van der Waals surface area contributed by atoms with Crippen LogP contribution in [0.25, 0.3) is 0 Å². The van der Waals surface area contributed by atoms with Crippen LogP contribution >= 0.6 is 0 Å². The molecule has 1 saturated heterocycles. The summed E-state index contributed by atoms with van der Waals surface area (Å²) in [5, 5.41) is 12.0. The summed E-state index contributed by atoms with van der Waals surface area (Å²) in [6, 6.07) is 9.80.